The number of nitrogens with zero attached hydrogens (tertiary/aromatic N) is 5. The average Bonchev–Trinajstić information content (AvgIpc) is 3.66. The van der Waals surface area contributed by atoms with Crippen LogP contribution < -0.4 is 10.4 Å². The molecule has 0 saturated heterocycles. The molecule has 8 nitrogen and oxygen atoms in total. The zero-order valence-electron chi connectivity index (χ0n) is 30.3. The Hall–Kier alpha value is -5.79. The van der Waals surface area contributed by atoms with Crippen LogP contribution in [0.5, 0.6) is 0 Å². The minimum absolute atomic E-state index is 0.0335. The lowest BCUT2D eigenvalue weighted by atomic mass is 10.2. The smallest absolute Gasteiger partial charge is 0.334 e. The molecule has 0 unspecified atom stereocenters. The fourth-order valence-corrected chi connectivity index (χ4v) is 5.05. The fraction of sp³-hybridized carbons (Fsp3) is 0.256. The Kier molecular flexibility index (Phi) is 15.5. The van der Waals surface area contributed by atoms with Gasteiger partial charge in [0.05, 0.1) is 12.2 Å². The summed E-state index contributed by atoms with van der Waals surface area (Å²) in [5.41, 5.74) is 8.50. The SMILES string of the molecule is Cc1[nH]c(=O)n(Cc2ccccc2)c1C.Cc1c(C)[n+]([O-])cn1Cc1ccccc1.Cc1nc(C(F)F)n(Cc2ccccc2)c1C.FC(F)=C(F)F. The molecule has 0 aliphatic rings. The molecule has 3 aromatic heterocycles. The van der Waals surface area contributed by atoms with Crippen LogP contribution in [0.15, 0.2) is 114 Å². The molecule has 0 aliphatic heterocycles. The monoisotopic (exact) mass is 740 g/mol. The van der Waals surface area contributed by atoms with E-state index in [9.17, 15) is 36.3 Å². The van der Waals surface area contributed by atoms with Gasteiger partial charge in [-0.15, -0.1) is 0 Å². The molecule has 3 heterocycles. The summed E-state index contributed by atoms with van der Waals surface area (Å²) in [5, 5.41) is 11.3. The Morgan fingerprint density at radius 2 is 1.11 bits per heavy atom. The van der Waals surface area contributed by atoms with Crippen LogP contribution in [0.25, 0.3) is 0 Å². The molecule has 0 radical (unpaired) electrons. The Balaban J connectivity index is 0.000000199. The van der Waals surface area contributed by atoms with Gasteiger partial charge in [0.2, 0.25) is 6.33 Å². The molecule has 0 amide bonds. The molecule has 14 heteroatoms. The lowest BCUT2D eigenvalue weighted by molar-refractivity contribution is -0.611. The van der Waals surface area contributed by atoms with E-state index in [0.29, 0.717) is 18.8 Å². The number of halogens is 6. The van der Waals surface area contributed by atoms with Crippen LogP contribution in [0, 0.1) is 46.7 Å². The van der Waals surface area contributed by atoms with Crippen molar-refractivity contribution in [3.8, 4) is 0 Å². The number of aromatic nitrogens is 6. The number of H-pyrrole nitrogens is 1. The minimum atomic E-state index is -2.91. The third-order valence-electron chi connectivity index (χ3n) is 8.40. The number of hydrogen-bond acceptors (Lipinski definition) is 3. The maximum Gasteiger partial charge on any atom is 0.334 e. The lowest BCUT2D eigenvalue weighted by Crippen LogP contribution is -2.26. The molecule has 0 spiro atoms. The topological polar surface area (TPSA) is 87.5 Å². The average molecular weight is 741 g/mol. The molecule has 3 aromatic carbocycles. The molecule has 0 saturated carbocycles. The van der Waals surface area contributed by atoms with Crippen molar-refractivity contribution in [2.24, 2.45) is 0 Å². The molecule has 0 bridgehead atoms. The minimum Gasteiger partial charge on any atom is -0.711 e. The first kappa shape index (κ1) is 41.6. The quantitative estimate of drug-likeness (QED) is 0.101. The highest BCUT2D eigenvalue weighted by Crippen LogP contribution is 2.22. The standard InChI is InChI=1S/C13H14F2N2.2C12H14N2O.C2F4/c1-9-10(2)17(13(16-9)12(14)15)8-11-6-4-3-5-7-11;1-10-11(2)14(15)9-13(10)8-12-6-4-3-5-7-12;1-9-10(2)14(12(15)13-9)8-11-6-4-3-5-7-11;3-1(4)2(5)6/h3-7,12H,8H2,1-2H3;3-7,9H,8H2,1-2H3;3-7H,8H2,1-2H3,(H,13,15);. The summed E-state index contributed by atoms with van der Waals surface area (Å²) in [4.78, 5) is 18.3. The normalized spacial score (nSPS) is 10.4. The summed E-state index contributed by atoms with van der Waals surface area (Å²) in [7, 11) is 0. The van der Waals surface area contributed by atoms with Crippen LogP contribution in [0.1, 0.15) is 63.1 Å². The Bertz CT molecular complexity index is 2100. The van der Waals surface area contributed by atoms with Crippen molar-refractivity contribution in [2.75, 3.05) is 0 Å². The van der Waals surface area contributed by atoms with E-state index >= 15 is 0 Å². The zero-order valence-corrected chi connectivity index (χ0v) is 30.3. The van der Waals surface area contributed by atoms with Crippen LogP contribution >= 0.6 is 0 Å². The number of imidazole rings is 3. The van der Waals surface area contributed by atoms with E-state index in [-0.39, 0.29) is 11.5 Å². The van der Waals surface area contributed by atoms with Gasteiger partial charge in [0.25, 0.3) is 6.43 Å². The van der Waals surface area contributed by atoms with Gasteiger partial charge in [-0.05, 0) is 44.4 Å². The van der Waals surface area contributed by atoms with Crippen LogP contribution in [-0.4, -0.2) is 23.7 Å². The van der Waals surface area contributed by atoms with Gasteiger partial charge in [-0.25, -0.2) is 27.9 Å². The van der Waals surface area contributed by atoms with Crippen molar-refractivity contribution in [1.82, 2.24) is 23.7 Å². The summed E-state index contributed by atoms with van der Waals surface area (Å²) < 4.78 is 73.0. The second-order valence-electron chi connectivity index (χ2n) is 12.0. The molecule has 1 N–H and O–H groups in total. The largest absolute Gasteiger partial charge is 0.711 e. The first-order valence-corrected chi connectivity index (χ1v) is 16.4. The number of aryl methyl sites for hydroxylation is 2. The van der Waals surface area contributed by atoms with E-state index < -0.39 is 18.6 Å². The van der Waals surface area contributed by atoms with Gasteiger partial charge in [-0.1, -0.05) is 91.0 Å². The molecule has 0 aliphatic carbocycles. The number of hydrogen-bond donors (Lipinski definition) is 1. The molecule has 53 heavy (non-hydrogen) atoms. The van der Waals surface area contributed by atoms with E-state index in [4.69, 9.17) is 0 Å². The van der Waals surface area contributed by atoms with Crippen molar-refractivity contribution >= 4 is 0 Å². The fourth-order valence-electron chi connectivity index (χ4n) is 5.05. The van der Waals surface area contributed by atoms with E-state index in [1.54, 1.807) is 22.4 Å². The molecule has 6 rings (SSSR count). The van der Waals surface area contributed by atoms with Gasteiger partial charge in [-0.2, -0.15) is 17.6 Å². The molecular weight excluding hydrogens is 698 g/mol. The van der Waals surface area contributed by atoms with Crippen LogP contribution in [0.3, 0.4) is 0 Å². The number of rotatable bonds is 7. The molecule has 0 atom stereocenters. The highest BCUT2D eigenvalue weighted by Gasteiger charge is 2.19. The van der Waals surface area contributed by atoms with E-state index in [1.807, 2.05) is 118 Å². The van der Waals surface area contributed by atoms with Crippen LogP contribution in [-0.2, 0) is 19.6 Å². The highest BCUT2D eigenvalue weighted by molar-refractivity contribution is 5.21. The lowest BCUT2D eigenvalue weighted by Gasteiger charge is -2.09. The van der Waals surface area contributed by atoms with Crippen LogP contribution in [0.4, 0.5) is 26.3 Å². The zero-order chi connectivity index (χ0) is 39.2. The third kappa shape index (κ3) is 12.2. The van der Waals surface area contributed by atoms with E-state index in [2.05, 4.69) is 22.1 Å². The molecule has 6 aromatic rings. The Morgan fingerprint density at radius 3 is 1.47 bits per heavy atom. The van der Waals surface area contributed by atoms with Crippen molar-refractivity contribution in [2.45, 2.75) is 67.6 Å². The number of alkyl halides is 2. The molecule has 282 valence electrons. The summed E-state index contributed by atoms with van der Waals surface area (Å²) in [5.74, 6) is -0.149. The van der Waals surface area contributed by atoms with Gasteiger partial charge in [0.15, 0.2) is 5.82 Å². The first-order chi connectivity index (χ1) is 25.1. The Morgan fingerprint density at radius 1 is 0.679 bits per heavy atom. The predicted molar refractivity (Wildman–Crippen MR) is 192 cm³/mol. The van der Waals surface area contributed by atoms with Gasteiger partial charge in [-0.3, -0.25) is 4.57 Å². The van der Waals surface area contributed by atoms with Crippen molar-refractivity contribution in [3.63, 3.8) is 0 Å². The van der Waals surface area contributed by atoms with Crippen molar-refractivity contribution in [3.05, 3.63) is 182 Å². The number of benzene rings is 3. The van der Waals surface area contributed by atoms with Gasteiger partial charge in [0, 0.05) is 37.5 Å². The van der Waals surface area contributed by atoms with Crippen molar-refractivity contribution in [1.29, 1.82) is 0 Å². The number of aromatic amines is 1. The van der Waals surface area contributed by atoms with E-state index in [1.165, 1.54) is 5.56 Å². The van der Waals surface area contributed by atoms with Crippen LogP contribution in [0.2, 0.25) is 0 Å². The predicted octanol–water partition coefficient (Wildman–Crippen LogP) is 9.11. The number of nitrogens with one attached hydrogen (secondary N) is 1. The van der Waals surface area contributed by atoms with Gasteiger partial charge in [0.1, 0.15) is 17.9 Å². The summed E-state index contributed by atoms with van der Waals surface area (Å²) in [6.45, 7) is 13.1. The van der Waals surface area contributed by atoms with E-state index in [0.717, 1.165) is 50.9 Å². The summed E-state index contributed by atoms with van der Waals surface area (Å²) in [6.07, 6.45) is -6.76. The summed E-state index contributed by atoms with van der Waals surface area (Å²) >= 11 is 0. The maximum atomic E-state index is 12.8. The molecular formula is C39H42F6N6O2. The van der Waals surface area contributed by atoms with Gasteiger partial charge >= 0.3 is 17.9 Å². The maximum absolute atomic E-state index is 12.8. The van der Waals surface area contributed by atoms with Gasteiger partial charge < -0.3 is 14.8 Å². The third-order valence-corrected chi connectivity index (χ3v) is 8.40. The second kappa shape index (κ2) is 19.7. The van der Waals surface area contributed by atoms with Crippen molar-refractivity contribution < 1.29 is 31.1 Å². The summed E-state index contributed by atoms with van der Waals surface area (Å²) in [6, 6.07) is 29.6. The first-order valence-electron chi connectivity index (χ1n) is 16.4. The molecule has 0 fully saturated rings. The Labute approximate surface area is 303 Å². The highest BCUT2D eigenvalue weighted by atomic mass is 19.3. The second-order valence-corrected chi connectivity index (χ2v) is 12.0.